The van der Waals surface area contributed by atoms with Crippen LogP contribution in [0.2, 0.25) is 0 Å². The maximum absolute atomic E-state index is 5.58. The Morgan fingerprint density at radius 1 is 1.47 bits per heavy atom. The highest BCUT2D eigenvalue weighted by atomic mass is 32.1. The number of thiophene rings is 1. The molecule has 2 aromatic rings. The van der Waals surface area contributed by atoms with Crippen LogP contribution < -0.4 is 5.32 Å². The molecule has 0 aromatic carbocycles. The Morgan fingerprint density at radius 3 is 3.18 bits per heavy atom. The smallest absolute Gasteiger partial charge is 0.129 e. The Kier molecular flexibility index (Phi) is 4.79. The van der Waals surface area contributed by atoms with Gasteiger partial charge in [0.1, 0.15) is 12.4 Å². The average molecular weight is 251 g/mol. The highest BCUT2D eigenvalue weighted by Gasteiger charge is 2.01. The molecule has 0 bridgehead atoms. The zero-order valence-electron chi connectivity index (χ0n) is 9.94. The molecule has 0 unspecified atom stereocenters. The summed E-state index contributed by atoms with van der Waals surface area (Å²) in [4.78, 5) is 1.36. The second-order valence-corrected chi connectivity index (χ2v) is 4.87. The predicted molar refractivity (Wildman–Crippen MR) is 69.2 cm³/mol. The van der Waals surface area contributed by atoms with Gasteiger partial charge in [0.2, 0.25) is 0 Å². The van der Waals surface area contributed by atoms with Crippen molar-refractivity contribution in [2.24, 2.45) is 0 Å². The van der Waals surface area contributed by atoms with Crippen LogP contribution in [0.1, 0.15) is 16.2 Å². The summed E-state index contributed by atoms with van der Waals surface area (Å²) in [7, 11) is 1.92. The SMILES string of the molecule is CNCc1coc(COCCc2cccs2)c1. The van der Waals surface area contributed by atoms with Crippen molar-refractivity contribution in [3.63, 3.8) is 0 Å². The first kappa shape index (κ1) is 12.4. The van der Waals surface area contributed by atoms with Crippen LogP contribution in [0.4, 0.5) is 0 Å². The molecule has 0 aliphatic heterocycles. The average Bonchev–Trinajstić information content (AvgIpc) is 2.96. The summed E-state index contributed by atoms with van der Waals surface area (Å²) in [5.41, 5.74) is 1.16. The van der Waals surface area contributed by atoms with Gasteiger partial charge >= 0.3 is 0 Å². The van der Waals surface area contributed by atoms with Crippen LogP contribution in [0, 0.1) is 0 Å². The summed E-state index contributed by atoms with van der Waals surface area (Å²) < 4.78 is 11.0. The summed E-state index contributed by atoms with van der Waals surface area (Å²) in [6.07, 6.45) is 2.75. The lowest BCUT2D eigenvalue weighted by molar-refractivity contribution is 0.109. The van der Waals surface area contributed by atoms with Crippen molar-refractivity contribution in [1.82, 2.24) is 5.32 Å². The van der Waals surface area contributed by atoms with Crippen molar-refractivity contribution in [3.8, 4) is 0 Å². The molecular formula is C13H17NO2S. The Balaban J connectivity index is 1.67. The van der Waals surface area contributed by atoms with E-state index in [1.54, 1.807) is 17.6 Å². The van der Waals surface area contributed by atoms with Crippen LogP contribution in [0.5, 0.6) is 0 Å². The van der Waals surface area contributed by atoms with Gasteiger partial charge in [0.15, 0.2) is 0 Å². The topological polar surface area (TPSA) is 34.4 Å². The Morgan fingerprint density at radius 2 is 2.41 bits per heavy atom. The molecule has 0 radical (unpaired) electrons. The molecule has 4 heteroatoms. The van der Waals surface area contributed by atoms with E-state index in [1.165, 1.54) is 4.88 Å². The van der Waals surface area contributed by atoms with E-state index >= 15 is 0 Å². The lowest BCUT2D eigenvalue weighted by Crippen LogP contribution is -2.03. The van der Waals surface area contributed by atoms with Crippen LogP contribution in [0.25, 0.3) is 0 Å². The lowest BCUT2D eigenvalue weighted by Gasteiger charge is -2.00. The van der Waals surface area contributed by atoms with E-state index in [-0.39, 0.29) is 0 Å². The quantitative estimate of drug-likeness (QED) is 0.768. The van der Waals surface area contributed by atoms with Crippen LogP contribution >= 0.6 is 11.3 Å². The number of rotatable bonds is 7. The summed E-state index contributed by atoms with van der Waals surface area (Å²) in [5.74, 6) is 0.890. The fraction of sp³-hybridized carbons (Fsp3) is 0.385. The summed E-state index contributed by atoms with van der Waals surface area (Å²) in [5, 5.41) is 5.17. The van der Waals surface area contributed by atoms with Gasteiger partial charge < -0.3 is 14.5 Å². The number of furan rings is 1. The summed E-state index contributed by atoms with van der Waals surface area (Å²) in [6.45, 7) is 2.12. The van der Waals surface area contributed by atoms with Crippen molar-refractivity contribution in [1.29, 1.82) is 0 Å². The minimum Gasteiger partial charge on any atom is -0.467 e. The van der Waals surface area contributed by atoms with E-state index in [0.29, 0.717) is 6.61 Å². The van der Waals surface area contributed by atoms with Gasteiger partial charge in [-0.25, -0.2) is 0 Å². The van der Waals surface area contributed by atoms with Gasteiger partial charge in [-0.2, -0.15) is 0 Å². The maximum atomic E-state index is 5.58. The van der Waals surface area contributed by atoms with E-state index in [4.69, 9.17) is 9.15 Å². The van der Waals surface area contributed by atoms with Crippen LogP contribution in [0.3, 0.4) is 0 Å². The highest BCUT2D eigenvalue weighted by Crippen LogP contribution is 2.11. The Labute approximate surface area is 105 Å². The van der Waals surface area contributed by atoms with Gasteiger partial charge in [-0.15, -0.1) is 11.3 Å². The molecule has 0 amide bonds. The molecule has 92 valence electrons. The molecule has 0 aliphatic rings. The van der Waals surface area contributed by atoms with E-state index in [0.717, 1.165) is 30.9 Å². The molecule has 0 fully saturated rings. The molecule has 3 nitrogen and oxygen atoms in total. The molecule has 2 rings (SSSR count). The molecule has 2 heterocycles. The van der Waals surface area contributed by atoms with E-state index < -0.39 is 0 Å². The zero-order chi connectivity index (χ0) is 11.9. The fourth-order valence-corrected chi connectivity index (χ4v) is 2.29. The summed E-state index contributed by atoms with van der Waals surface area (Å²) in [6, 6.07) is 6.23. The van der Waals surface area contributed by atoms with Crippen molar-refractivity contribution >= 4 is 11.3 Å². The van der Waals surface area contributed by atoms with Crippen LogP contribution in [0.15, 0.2) is 34.3 Å². The molecular weight excluding hydrogens is 234 g/mol. The largest absolute Gasteiger partial charge is 0.467 e. The normalized spacial score (nSPS) is 10.9. The first-order chi connectivity index (χ1) is 8.38. The van der Waals surface area contributed by atoms with Crippen LogP contribution in [-0.4, -0.2) is 13.7 Å². The van der Waals surface area contributed by atoms with E-state index in [9.17, 15) is 0 Å². The first-order valence-electron chi connectivity index (χ1n) is 5.69. The molecule has 0 saturated heterocycles. The van der Waals surface area contributed by atoms with Crippen molar-refractivity contribution in [3.05, 3.63) is 46.0 Å². The van der Waals surface area contributed by atoms with Gasteiger partial charge in [0, 0.05) is 23.4 Å². The first-order valence-corrected chi connectivity index (χ1v) is 6.57. The lowest BCUT2D eigenvalue weighted by atomic mass is 10.3. The third-order valence-corrected chi connectivity index (χ3v) is 3.34. The fourth-order valence-electron chi connectivity index (χ4n) is 1.60. The standard InChI is InChI=1S/C13H17NO2S/c1-14-8-11-7-12(16-9-11)10-15-5-4-13-3-2-6-17-13/h2-3,6-7,9,14H,4-5,8,10H2,1H3. The van der Waals surface area contributed by atoms with Gasteiger partial charge in [0.25, 0.3) is 0 Å². The minimum absolute atomic E-state index is 0.551. The van der Waals surface area contributed by atoms with Gasteiger partial charge in [-0.3, -0.25) is 0 Å². The number of nitrogens with one attached hydrogen (secondary N) is 1. The molecule has 0 atom stereocenters. The number of hydrogen-bond donors (Lipinski definition) is 1. The molecule has 0 aliphatic carbocycles. The minimum atomic E-state index is 0.551. The van der Waals surface area contributed by atoms with Crippen LogP contribution in [-0.2, 0) is 24.3 Å². The number of ether oxygens (including phenoxy) is 1. The van der Waals surface area contributed by atoms with E-state index in [1.807, 2.05) is 13.1 Å². The molecule has 1 N–H and O–H groups in total. The Hall–Kier alpha value is -1.10. The zero-order valence-corrected chi connectivity index (χ0v) is 10.8. The van der Waals surface area contributed by atoms with Gasteiger partial charge in [0.05, 0.1) is 12.9 Å². The second kappa shape index (κ2) is 6.59. The van der Waals surface area contributed by atoms with E-state index in [2.05, 4.69) is 22.8 Å². The van der Waals surface area contributed by atoms with Crippen molar-refractivity contribution in [2.45, 2.75) is 19.6 Å². The monoisotopic (exact) mass is 251 g/mol. The number of hydrogen-bond acceptors (Lipinski definition) is 4. The third kappa shape index (κ3) is 4.00. The highest BCUT2D eigenvalue weighted by molar-refractivity contribution is 7.09. The molecule has 0 spiro atoms. The van der Waals surface area contributed by atoms with Crippen molar-refractivity contribution in [2.75, 3.05) is 13.7 Å². The maximum Gasteiger partial charge on any atom is 0.129 e. The van der Waals surface area contributed by atoms with Gasteiger partial charge in [-0.1, -0.05) is 6.07 Å². The molecule has 17 heavy (non-hydrogen) atoms. The predicted octanol–water partition coefficient (Wildman–Crippen LogP) is 2.82. The molecule has 2 aromatic heterocycles. The van der Waals surface area contributed by atoms with Crippen molar-refractivity contribution < 1.29 is 9.15 Å². The Bertz CT molecular complexity index is 422. The second-order valence-electron chi connectivity index (χ2n) is 3.83. The summed E-state index contributed by atoms with van der Waals surface area (Å²) >= 11 is 1.77. The van der Waals surface area contributed by atoms with Gasteiger partial charge in [-0.05, 0) is 24.6 Å². The molecule has 0 saturated carbocycles. The third-order valence-electron chi connectivity index (χ3n) is 2.41.